The van der Waals surface area contributed by atoms with Crippen molar-refractivity contribution < 1.29 is 19.1 Å². The number of allylic oxidation sites excluding steroid dienone is 14. The number of guanidine groups is 1. The van der Waals surface area contributed by atoms with Crippen molar-refractivity contribution in [2.24, 2.45) is 28.3 Å². The zero-order valence-corrected chi connectivity index (χ0v) is 30.3. The van der Waals surface area contributed by atoms with Crippen molar-refractivity contribution >= 4 is 17.9 Å². The number of aliphatic imine (C=N–C) groups is 1. The number of nitrogens with zero attached hydrogens (tertiary/aromatic N) is 2. The molecule has 1 aliphatic heterocycles. The van der Waals surface area contributed by atoms with E-state index in [1.165, 1.54) is 0 Å². The summed E-state index contributed by atoms with van der Waals surface area (Å²) in [7, 11) is 4.24. The van der Waals surface area contributed by atoms with Crippen LogP contribution in [0, 0.1) is 11.8 Å². The standard InChI is InChI=1S/C41H64N4O4/c1-45(2)34-32-38-27-19-9-3-5-13-21-29-39(46)48-35-23-15-7-11-17-25-37(31-33-44-41(42)43)26-18-12-8-16-24-36-49-40(47)30-22-14-6-4-10-20-28-38/h5-6,9-20,23-24,37-38H,3-4,7-8,21-22,25-36H2,1-2H3,(H4,42,43,44)/b13-5+,14-6+,17-11+,18-12+,19-9+,20-10+,23-15+,24-16+. The molecule has 0 amide bonds. The van der Waals surface area contributed by atoms with Crippen molar-refractivity contribution in [3.8, 4) is 0 Å². The maximum atomic E-state index is 12.1. The Morgan fingerprint density at radius 1 is 0.612 bits per heavy atom. The van der Waals surface area contributed by atoms with Crippen molar-refractivity contribution in [3.63, 3.8) is 0 Å². The fourth-order valence-corrected chi connectivity index (χ4v) is 4.92. The minimum absolute atomic E-state index is 0.116. The normalized spacial score (nSPS) is 26.2. The SMILES string of the molecule is CN(C)CCC1C/C=C/C/C=C/CCC(=O)OC/C=C/C/C=C/CC(CCN=C(N)N)C/C=C/C/C=C/COC(=O)CC/C=C/C/C=C/C1. The molecule has 272 valence electrons. The van der Waals surface area contributed by atoms with Crippen LogP contribution in [0.25, 0.3) is 0 Å². The highest BCUT2D eigenvalue weighted by Gasteiger charge is 2.06. The number of hydrogen-bond donors (Lipinski definition) is 2. The second kappa shape index (κ2) is 31.4. The van der Waals surface area contributed by atoms with Crippen molar-refractivity contribution in [3.05, 3.63) is 97.2 Å². The van der Waals surface area contributed by atoms with Crippen molar-refractivity contribution in [1.82, 2.24) is 4.90 Å². The molecule has 0 saturated heterocycles. The number of rotatable bonds is 6. The Hall–Kier alpha value is -3.91. The number of nitrogens with two attached hydrogens (primary N) is 2. The monoisotopic (exact) mass is 676 g/mol. The van der Waals surface area contributed by atoms with E-state index in [0.29, 0.717) is 57.3 Å². The zero-order valence-electron chi connectivity index (χ0n) is 30.3. The molecule has 0 aromatic heterocycles. The van der Waals surface area contributed by atoms with E-state index in [1.807, 2.05) is 24.3 Å². The third-order valence-electron chi connectivity index (χ3n) is 7.83. The fourth-order valence-electron chi connectivity index (χ4n) is 4.92. The van der Waals surface area contributed by atoms with Gasteiger partial charge in [0, 0.05) is 19.4 Å². The smallest absolute Gasteiger partial charge is 0.306 e. The molecule has 8 heteroatoms. The highest BCUT2D eigenvalue weighted by molar-refractivity contribution is 5.75. The van der Waals surface area contributed by atoms with Crippen LogP contribution < -0.4 is 11.5 Å². The molecule has 0 saturated carbocycles. The molecule has 1 rings (SSSR count). The maximum absolute atomic E-state index is 12.1. The van der Waals surface area contributed by atoms with E-state index in [9.17, 15) is 9.59 Å². The van der Waals surface area contributed by atoms with Crippen LogP contribution in [-0.2, 0) is 19.1 Å². The van der Waals surface area contributed by atoms with E-state index in [2.05, 4.69) is 96.9 Å². The minimum atomic E-state index is -0.175. The van der Waals surface area contributed by atoms with Gasteiger partial charge in [-0.15, -0.1) is 0 Å². The van der Waals surface area contributed by atoms with E-state index < -0.39 is 0 Å². The second-order valence-electron chi connectivity index (χ2n) is 12.5. The average Bonchev–Trinajstić information content (AvgIpc) is 3.06. The first-order chi connectivity index (χ1) is 23.9. The Morgan fingerprint density at radius 2 is 1.00 bits per heavy atom. The molecule has 1 aliphatic rings. The Kier molecular flexibility index (Phi) is 27.6. The largest absolute Gasteiger partial charge is 0.461 e. The van der Waals surface area contributed by atoms with E-state index in [1.54, 1.807) is 0 Å². The summed E-state index contributed by atoms with van der Waals surface area (Å²) in [5.41, 5.74) is 11.0. The molecule has 0 unspecified atom stereocenters. The first-order valence-corrected chi connectivity index (χ1v) is 18.1. The lowest BCUT2D eigenvalue weighted by Crippen LogP contribution is -2.23. The molecule has 49 heavy (non-hydrogen) atoms. The lowest BCUT2D eigenvalue weighted by atomic mass is 9.96. The lowest BCUT2D eigenvalue weighted by molar-refractivity contribution is -0.143. The van der Waals surface area contributed by atoms with Gasteiger partial charge in [0.05, 0.1) is 0 Å². The quantitative estimate of drug-likeness (QED) is 0.126. The van der Waals surface area contributed by atoms with Gasteiger partial charge < -0.3 is 25.8 Å². The number of hydrogen-bond acceptors (Lipinski definition) is 6. The lowest BCUT2D eigenvalue weighted by Gasteiger charge is -2.16. The van der Waals surface area contributed by atoms with E-state index in [4.69, 9.17) is 20.9 Å². The van der Waals surface area contributed by atoms with Crippen molar-refractivity contribution in [2.75, 3.05) is 40.4 Å². The Labute approximate surface area is 297 Å². The van der Waals surface area contributed by atoms with Gasteiger partial charge in [0.2, 0.25) is 0 Å². The highest BCUT2D eigenvalue weighted by atomic mass is 16.5. The molecule has 0 bridgehead atoms. The summed E-state index contributed by atoms with van der Waals surface area (Å²) in [5, 5.41) is 0. The van der Waals surface area contributed by atoms with Gasteiger partial charge >= 0.3 is 11.9 Å². The van der Waals surface area contributed by atoms with Gasteiger partial charge in [0.1, 0.15) is 13.2 Å². The van der Waals surface area contributed by atoms with Crippen LogP contribution in [0.2, 0.25) is 0 Å². The van der Waals surface area contributed by atoms with Crippen molar-refractivity contribution in [2.45, 2.75) is 89.9 Å². The predicted octanol–water partition coefficient (Wildman–Crippen LogP) is 8.06. The summed E-state index contributed by atoms with van der Waals surface area (Å²) in [6.45, 7) is 2.26. The van der Waals surface area contributed by atoms with E-state index in [-0.39, 0.29) is 17.9 Å². The maximum Gasteiger partial charge on any atom is 0.306 e. The number of ether oxygens (including phenoxy) is 2. The second-order valence-corrected chi connectivity index (χ2v) is 12.5. The highest BCUT2D eigenvalue weighted by Crippen LogP contribution is 2.17. The summed E-state index contributed by atoms with van der Waals surface area (Å²) >= 11 is 0. The summed E-state index contributed by atoms with van der Waals surface area (Å²) in [6, 6.07) is 0. The van der Waals surface area contributed by atoms with Gasteiger partial charge in [-0.3, -0.25) is 14.6 Å². The predicted molar refractivity (Wildman–Crippen MR) is 206 cm³/mol. The Morgan fingerprint density at radius 3 is 1.41 bits per heavy atom. The molecule has 8 nitrogen and oxygen atoms in total. The molecule has 1 heterocycles. The summed E-state index contributed by atoms with van der Waals surface area (Å²) in [4.78, 5) is 30.5. The number of carbonyl (C=O) groups excluding carboxylic acids is 2. The molecule has 0 aliphatic carbocycles. The van der Waals surface area contributed by atoms with Gasteiger partial charge in [0.25, 0.3) is 0 Å². The van der Waals surface area contributed by atoms with Crippen LogP contribution in [0.15, 0.2) is 102 Å². The fraction of sp³-hybridized carbons (Fsp3) is 0.537. The molecule has 0 aromatic carbocycles. The van der Waals surface area contributed by atoms with Gasteiger partial charge in [-0.2, -0.15) is 0 Å². The Balaban J connectivity index is 2.70. The summed E-state index contributed by atoms with van der Waals surface area (Å²) < 4.78 is 10.7. The molecule has 0 atom stereocenters. The summed E-state index contributed by atoms with van der Waals surface area (Å²) in [5.74, 6) is 0.783. The minimum Gasteiger partial charge on any atom is -0.461 e. The van der Waals surface area contributed by atoms with Crippen LogP contribution in [0.3, 0.4) is 0 Å². The van der Waals surface area contributed by atoms with Crippen LogP contribution in [0.5, 0.6) is 0 Å². The van der Waals surface area contributed by atoms with Gasteiger partial charge in [0.15, 0.2) is 5.96 Å². The first-order valence-electron chi connectivity index (χ1n) is 18.1. The third-order valence-corrected chi connectivity index (χ3v) is 7.83. The molecule has 0 radical (unpaired) electrons. The average molecular weight is 677 g/mol. The molecular formula is C41H64N4O4. The molecule has 0 fully saturated rings. The molecule has 0 spiro atoms. The Bertz CT molecular complexity index is 1070. The van der Waals surface area contributed by atoms with Gasteiger partial charge in [-0.1, -0.05) is 97.2 Å². The van der Waals surface area contributed by atoms with Crippen LogP contribution in [0.4, 0.5) is 0 Å². The molecule has 0 aromatic rings. The molecule has 4 N–H and O–H groups in total. The van der Waals surface area contributed by atoms with Crippen LogP contribution >= 0.6 is 0 Å². The topological polar surface area (TPSA) is 120 Å². The van der Waals surface area contributed by atoms with Gasteiger partial charge in [-0.25, -0.2) is 0 Å². The van der Waals surface area contributed by atoms with E-state index in [0.717, 1.165) is 70.8 Å². The number of cyclic esters (lactones) is 2. The number of esters is 2. The van der Waals surface area contributed by atoms with Crippen molar-refractivity contribution in [1.29, 1.82) is 0 Å². The van der Waals surface area contributed by atoms with Crippen LogP contribution in [0.1, 0.15) is 89.9 Å². The van der Waals surface area contributed by atoms with Crippen LogP contribution in [-0.4, -0.2) is 63.2 Å². The van der Waals surface area contributed by atoms with E-state index >= 15 is 0 Å². The first kappa shape index (κ1) is 43.1. The zero-order chi connectivity index (χ0) is 35.6. The molecular weight excluding hydrogens is 612 g/mol. The third kappa shape index (κ3) is 29.9. The number of carbonyl (C=O) groups is 2. The summed E-state index contributed by atoms with van der Waals surface area (Å²) in [6.07, 6.45) is 45.2. The van der Waals surface area contributed by atoms with Gasteiger partial charge in [-0.05, 0) is 110 Å².